The number of nitrogens with one attached hydrogen (secondary N) is 1. The molecule has 23 heavy (non-hydrogen) atoms. The van der Waals surface area contributed by atoms with E-state index in [1.165, 1.54) is 19.3 Å². The maximum Gasteiger partial charge on any atom is 0.254 e. The lowest BCUT2D eigenvalue weighted by atomic mass is 9.97. The van der Waals surface area contributed by atoms with E-state index in [4.69, 9.17) is 9.47 Å². The summed E-state index contributed by atoms with van der Waals surface area (Å²) in [5, 5.41) is 3.57. The Kier molecular flexibility index (Phi) is 4.12. The molecule has 0 bridgehead atoms. The summed E-state index contributed by atoms with van der Waals surface area (Å²) in [5.74, 6) is 1.55. The van der Waals surface area contributed by atoms with Gasteiger partial charge in [-0.2, -0.15) is 0 Å². The van der Waals surface area contributed by atoms with Gasteiger partial charge in [-0.25, -0.2) is 0 Å². The molecular weight excluding hydrogens is 292 g/mol. The Hall–Kier alpha value is -1.75. The van der Waals surface area contributed by atoms with Gasteiger partial charge in [-0.15, -0.1) is 0 Å². The Bertz CT molecular complexity index is 590. The molecular formula is C18H24N2O3. The third-order valence-corrected chi connectivity index (χ3v) is 5.18. The first kappa shape index (κ1) is 14.8. The van der Waals surface area contributed by atoms with Crippen LogP contribution < -0.4 is 14.8 Å². The molecule has 0 saturated carbocycles. The maximum atomic E-state index is 13.1. The van der Waals surface area contributed by atoms with Gasteiger partial charge in [0.25, 0.3) is 5.91 Å². The molecule has 0 radical (unpaired) electrons. The fourth-order valence-electron chi connectivity index (χ4n) is 4.00. The number of carbonyl (C=O) groups is 1. The molecule has 2 fully saturated rings. The van der Waals surface area contributed by atoms with Crippen LogP contribution in [0.3, 0.4) is 0 Å². The van der Waals surface area contributed by atoms with Gasteiger partial charge in [-0.1, -0.05) is 12.8 Å². The Labute approximate surface area is 136 Å². The Balaban J connectivity index is 1.59. The van der Waals surface area contributed by atoms with E-state index in [2.05, 4.69) is 10.2 Å². The van der Waals surface area contributed by atoms with Crippen molar-refractivity contribution in [3.05, 3.63) is 23.8 Å². The van der Waals surface area contributed by atoms with Crippen molar-refractivity contribution in [3.63, 3.8) is 0 Å². The Morgan fingerprint density at radius 1 is 1.09 bits per heavy atom. The van der Waals surface area contributed by atoms with E-state index in [1.807, 2.05) is 18.2 Å². The number of benzene rings is 1. The number of rotatable bonds is 1. The molecule has 0 aliphatic carbocycles. The molecule has 4 rings (SSSR count). The molecule has 124 valence electrons. The largest absolute Gasteiger partial charge is 0.486 e. The van der Waals surface area contributed by atoms with Gasteiger partial charge < -0.3 is 19.7 Å². The number of ether oxygens (including phenoxy) is 2. The maximum absolute atomic E-state index is 13.1. The molecule has 5 heteroatoms. The fraction of sp³-hybridized carbons (Fsp3) is 0.611. The lowest BCUT2D eigenvalue weighted by Gasteiger charge is -2.35. The highest BCUT2D eigenvalue weighted by molar-refractivity contribution is 5.95. The number of fused-ring (bicyclic) bond motifs is 2. The van der Waals surface area contributed by atoms with Crippen molar-refractivity contribution in [2.45, 2.75) is 44.2 Å². The second-order valence-corrected chi connectivity index (χ2v) is 6.62. The zero-order valence-electron chi connectivity index (χ0n) is 13.4. The summed E-state index contributed by atoms with van der Waals surface area (Å²) >= 11 is 0. The minimum absolute atomic E-state index is 0.127. The van der Waals surface area contributed by atoms with Gasteiger partial charge >= 0.3 is 0 Å². The van der Waals surface area contributed by atoms with Crippen molar-refractivity contribution in [1.29, 1.82) is 0 Å². The first-order chi connectivity index (χ1) is 11.3. The van der Waals surface area contributed by atoms with Crippen LogP contribution in [-0.2, 0) is 0 Å². The van der Waals surface area contributed by atoms with Crippen molar-refractivity contribution in [2.75, 3.05) is 26.3 Å². The highest BCUT2D eigenvalue weighted by atomic mass is 16.6. The van der Waals surface area contributed by atoms with Crippen LogP contribution in [0.4, 0.5) is 0 Å². The highest BCUT2D eigenvalue weighted by Crippen LogP contribution is 2.32. The van der Waals surface area contributed by atoms with Crippen molar-refractivity contribution in [2.24, 2.45) is 0 Å². The van der Waals surface area contributed by atoms with Crippen LogP contribution >= 0.6 is 0 Å². The number of likely N-dealkylation sites (tertiary alicyclic amines) is 1. The molecule has 1 amide bonds. The topological polar surface area (TPSA) is 50.8 Å². The summed E-state index contributed by atoms with van der Waals surface area (Å²) in [6.45, 7) is 2.99. The van der Waals surface area contributed by atoms with E-state index in [0.717, 1.165) is 31.7 Å². The number of nitrogens with zero attached hydrogens (tertiary/aromatic N) is 1. The van der Waals surface area contributed by atoms with Gasteiger partial charge in [-0.05, 0) is 44.0 Å². The molecule has 3 aliphatic heterocycles. The van der Waals surface area contributed by atoms with Crippen LogP contribution in [0.1, 0.15) is 42.5 Å². The van der Waals surface area contributed by atoms with Crippen LogP contribution in [0.15, 0.2) is 18.2 Å². The van der Waals surface area contributed by atoms with Crippen molar-refractivity contribution in [3.8, 4) is 11.5 Å². The van der Waals surface area contributed by atoms with Crippen LogP contribution in [-0.4, -0.2) is 49.2 Å². The Morgan fingerprint density at radius 3 is 2.87 bits per heavy atom. The van der Waals surface area contributed by atoms with E-state index in [-0.39, 0.29) is 5.91 Å². The molecule has 2 saturated heterocycles. The summed E-state index contributed by atoms with van der Waals surface area (Å²) in [7, 11) is 0. The zero-order chi connectivity index (χ0) is 15.6. The van der Waals surface area contributed by atoms with Gasteiger partial charge in [0.15, 0.2) is 11.5 Å². The van der Waals surface area contributed by atoms with Crippen LogP contribution in [0, 0.1) is 0 Å². The van der Waals surface area contributed by atoms with Gasteiger partial charge in [0, 0.05) is 24.2 Å². The zero-order valence-corrected chi connectivity index (χ0v) is 13.4. The number of carbonyl (C=O) groups excluding carboxylic acids is 1. The van der Waals surface area contributed by atoms with E-state index >= 15 is 0 Å². The van der Waals surface area contributed by atoms with Gasteiger partial charge in [0.1, 0.15) is 13.2 Å². The average Bonchev–Trinajstić information content (AvgIpc) is 3.01. The van der Waals surface area contributed by atoms with Crippen molar-refractivity contribution >= 4 is 5.91 Å². The molecule has 5 nitrogen and oxygen atoms in total. The summed E-state index contributed by atoms with van der Waals surface area (Å²) in [5.41, 5.74) is 0.709. The van der Waals surface area contributed by atoms with Crippen molar-refractivity contribution in [1.82, 2.24) is 10.2 Å². The molecule has 1 N–H and O–H groups in total. The standard InChI is InChI=1S/C18H24N2O3/c21-18(13-5-6-16-17(12-13)23-11-10-22-16)20-9-3-1-2-4-14-15(20)7-8-19-14/h5-6,12,14-15,19H,1-4,7-11H2/t14-,15+/m1/s1. The summed E-state index contributed by atoms with van der Waals surface area (Å²) in [4.78, 5) is 15.2. The SMILES string of the molecule is O=C(c1ccc2c(c1)OCCO2)N1CCCCC[C@H]2NCC[C@@H]21. The monoisotopic (exact) mass is 316 g/mol. The van der Waals surface area contributed by atoms with E-state index < -0.39 is 0 Å². The molecule has 0 spiro atoms. The first-order valence-corrected chi connectivity index (χ1v) is 8.77. The number of amides is 1. The lowest BCUT2D eigenvalue weighted by Crippen LogP contribution is -2.48. The molecule has 0 aromatic heterocycles. The second-order valence-electron chi connectivity index (χ2n) is 6.62. The predicted molar refractivity (Wildman–Crippen MR) is 87.1 cm³/mol. The Morgan fingerprint density at radius 2 is 1.96 bits per heavy atom. The second kappa shape index (κ2) is 6.40. The van der Waals surface area contributed by atoms with Crippen molar-refractivity contribution < 1.29 is 14.3 Å². The predicted octanol–water partition coefficient (Wildman–Crippen LogP) is 2.20. The molecule has 1 aromatic carbocycles. The van der Waals surface area contributed by atoms with Crippen LogP contribution in [0.25, 0.3) is 0 Å². The first-order valence-electron chi connectivity index (χ1n) is 8.77. The fourth-order valence-corrected chi connectivity index (χ4v) is 4.00. The third kappa shape index (κ3) is 2.90. The van der Waals surface area contributed by atoms with Gasteiger partial charge in [0.05, 0.1) is 0 Å². The van der Waals surface area contributed by atoms with E-state index in [9.17, 15) is 4.79 Å². The average molecular weight is 316 g/mol. The van der Waals surface area contributed by atoms with Crippen LogP contribution in [0.5, 0.6) is 11.5 Å². The van der Waals surface area contributed by atoms with Crippen LogP contribution in [0.2, 0.25) is 0 Å². The highest BCUT2D eigenvalue weighted by Gasteiger charge is 2.35. The quantitative estimate of drug-likeness (QED) is 0.863. The van der Waals surface area contributed by atoms with E-state index in [0.29, 0.717) is 36.6 Å². The molecule has 1 aromatic rings. The number of hydrogen-bond donors (Lipinski definition) is 1. The molecule has 2 atom stereocenters. The van der Waals surface area contributed by atoms with Gasteiger partial charge in [-0.3, -0.25) is 4.79 Å². The molecule has 3 heterocycles. The summed E-state index contributed by atoms with van der Waals surface area (Å²) in [6.07, 6.45) is 5.80. The minimum Gasteiger partial charge on any atom is -0.486 e. The summed E-state index contributed by atoms with van der Waals surface area (Å²) < 4.78 is 11.2. The molecule has 3 aliphatic rings. The summed E-state index contributed by atoms with van der Waals surface area (Å²) in [6, 6.07) is 6.35. The lowest BCUT2D eigenvalue weighted by molar-refractivity contribution is 0.0639. The minimum atomic E-state index is 0.127. The smallest absolute Gasteiger partial charge is 0.254 e. The normalized spacial score (nSPS) is 27.0. The van der Waals surface area contributed by atoms with Gasteiger partial charge in [0.2, 0.25) is 0 Å². The number of hydrogen-bond acceptors (Lipinski definition) is 4. The third-order valence-electron chi connectivity index (χ3n) is 5.18. The van der Waals surface area contributed by atoms with E-state index in [1.54, 1.807) is 0 Å². The molecule has 0 unspecified atom stereocenters.